The van der Waals surface area contributed by atoms with E-state index in [1.54, 1.807) is 0 Å². The SMILES string of the molecule is Fc1cc(NC2CCN3CCCC3C2)c(F)cc1Br. The Labute approximate surface area is 120 Å². The fraction of sp³-hybridized carbons (Fsp3) is 0.571. The summed E-state index contributed by atoms with van der Waals surface area (Å²) in [6.07, 6.45) is 4.51. The van der Waals surface area contributed by atoms with Gasteiger partial charge in [-0.3, -0.25) is 0 Å². The summed E-state index contributed by atoms with van der Waals surface area (Å²) in [5.41, 5.74) is 0.275. The van der Waals surface area contributed by atoms with Gasteiger partial charge < -0.3 is 10.2 Å². The lowest BCUT2D eigenvalue weighted by Crippen LogP contribution is -2.42. The van der Waals surface area contributed by atoms with Crippen LogP contribution < -0.4 is 5.32 Å². The summed E-state index contributed by atoms with van der Waals surface area (Å²) in [6, 6.07) is 3.28. The predicted octanol–water partition coefficient (Wildman–Crippen LogP) is 3.77. The molecule has 0 radical (unpaired) electrons. The van der Waals surface area contributed by atoms with Gasteiger partial charge in [0.25, 0.3) is 0 Å². The van der Waals surface area contributed by atoms with Gasteiger partial charge in [0.05, 0.1) is 10.2 Å². The van der Waals surface area contributed by atoms with Gasteiger partial charge in [-0.25, -0.2) is 8.78 Å². The smallest absolute Gasteiger partial charge is 0.147 e. The van der Waals surface area contributed by atoms with Crippen LogP contribution in [0, 0.1) is 11.6 Å². The highest BCUT2D eigenvalue weighted by atomic mass is 79.9. The normalized spacial score (nSPS) is 27.3. The van der Waals surface area contributed by atoms with E-state index in [-0.39, 0.29) is 16.2 Å². The van der Waals surface area contributed by atoms with Crippen molar-refractivity contribution in [2.45, 2.75) is 37.8 Å². The molecule has 0 spiro atoms. The molecule has 2 nitrogen and oxygen atoms in total. The maximum atomic E-state index is 13.8. The number of anilines is 1. The Morgan fingerprint density at radius 1 is 1.16 bits per heavy atom. The van der Waals surface area contributed by atoms with Crippen molar-refractivity contribution in [3.63, 3.8) is 0 Å². The zero-order valence-electron chi connectivity index (χ0n) is 10.6. The lowest BCUT2D eigenvalue weighted by molar-refractivity contribution is 0.188. The topological polar surface area (TPSA) is 15.3 Å². The molecule has 0 bridgehead atoms. The first-order valence-corrected chi connectivity index (χ1v) is 7.58. The third kappa shape index (κ3) is 2.77. The standard InChI is InChI=1S/C14H17BrF2N2/c15-11-7-13(17)14(8-12(11)16)18-9-3-5-19-4-1-2-10(19)6-9/h7-10,18H,1-6H2. The van der Waals surface area contributed by atoms with Gasteiger partial charge in [-0.2, -0.15) is 0 Å². The van der Waals surface area contributed by atoms with E-state index in [2.05, 4.69) is 26.1 Å². The zero-order valence-corrected chi connectivity index (χ0v) is 12.2. The van der Waals surface area contributed by atoms with Crippen LogP contribution in [-0.2, 0) is 0 Å². The lowest BCUT2D eigenvalue weighted by Gasteiger charge is -2.35. The molecular weight excluding hydrogens is 314 g/mol. The lowest BCUT2D eigenvalue weighted by atomic mass is 9.97. The van der Waals surface area contributed by atoms with Gasteiger partial charge in [-0.15, -0.1) is 0 Å². The zero-order chi connectivity index (χ0) is 13.4. The van der Waals surface area contributed by atoms with Crippen molar-refractivity contribution in [3.05, 3.63) is 28.2 Å². The maximum absolute atomic E-state index is 13.8. The minimum atomic E-state index is -0.429. The molecule has 2 fully saturated rings. The van der Waals surface area contributed by atoms with Gasteiger partial charge in [-0.05, 0) is 54.2 Å². The Hall–Kier alpha value is -0.680. The molecule has 1 aromatic carbocycles. The summed E-state index contributed by atoms with van der Waals surface area (Å²) in [5.74, 6) is -0.829. The van der Waals surface area contributed by atoms with Crippen molar-refractivity contribution in [2.24, 2.45) is 0 Å². The molecule has 0 aromatic heterocycles. The highest BCUT2D eigenvalue weighted by Crippen LogP contribution is 2.30. The Bertz CT molecular complexity index is 481. The average molecular weight is 331 g/mol. The number of nitrogens with zero attached hydrogens (tertiary/aromatic N) is 1. The van der Waals surface area contributed by atoms with Gasteiger partial charge in [-0.1, -0.05) is 0 Å². The molecule has 3 rings (SSSR count). The first-order chi connectivity index (χ1) is 9.13. The third-order valence-electron chi connectivity index (χ3n) is 4.19. The molecule has 1 N–H and O–H groups in total. The van der Waals surface area contributed by atoms with Gasteiger partial charge in [0.2, 0.25) is 0 Å². The summed E-state index contributed by atoms with van der Waals surface area (Å²) >= 11 is 2.99. The largest absolute Gasteiger partial charge is 0.380 e. The Kier molecular flexibility index (Phi) is 3.76. The number of benzene rings is 1. The second-order valence-electron chi connectivity index (χ2n) is 5.44. The minimum absolute atomic E-state index is 0.168. The van der Waals surface area contributed by atoms with Crippen molar-refractivity contribution in [1.29, 1.82) is 0 Å². The summed E-state index contributed by atoms with van der Waals surface area (Å²) in [5, 5.41) is 3.17. The fourth-order valence-electron chi connectivity index (χ4n) is 3.21. The van der Waals surface area contributed by atoms with E-state index in [0.29, 0.717) is 6.04 Å². The van der Waals surface area contributed by atoms with Crippen molar-refractivity contribution in [1.82, 2.24) is 4.90 Å². The summed E-state index contributed by atoms with van der Waals surface area (Å²) in [6.45, 7) is 2.25. The van der Waals surface area contributed by atoms with Crippen LogP contribution in [0.25, 0.3) is 0 Å². The molecule has 104 valence electrons. The van der Waals surface area contributed by atoms with Crippen molar-refractivity contribution in [2.75, 3.05) is 18.4 Å². The Morgan fingerprint density at radius 2 is 2.00 bits per heavy atom. The second kappa shape index (κ2) is 5.37. The van der Waals surface area contributed by atoms with Crippen molar-refractivity contribution < 1.29 is 8.78 Å². The van der Waals surface area contributed by atoms with Gasteiger partial charge in [0.15, 0.2) is 0 Å². The van der Waals surface area contributed by atoms with Crippen LogP contribution in [0.3, 0.4) is 0 Å². The van der Waals surface area contributed by atoms with E-state index < -0.39 is 11.6 Å². The number of halogens is 3. The maximum Gasteiger partial charge on any atom is 0.147 e. The number of hydrogen-bond acceptors (Lipinski definition) is 2. The van der Waals surface area contributed by atoms with Gasteiger partial charge in [0.1, 0.15) is 11.6 Å². The van der Waals surface area contributed by atoms with Crippen LogP contribution in [0.2, 0.25) is 0 Å². The summed E-state index contributed by atoms with van der Waals surface area (Å²) in [7, 11) is 0. The van der Waals surface area contributed by atoms with E-state index in [1.807, 2.05) is 0 Å². The monoisotopic (exact) mass is 330 g/mol. The quantitative estimate of drug-likeness (QED) is 0.830. The van der Waals surface area contributed by atoms with E-state index >= 15 is 0 Å². The molecular formula is C14H17BrF2N2. The minimum Gasteiger partial charge on any atom is -0.380 e. The Morgan fingerprint density at radius 3 is 2.84 bits per heavy atom. The highest BCUT2D eigenvalue weighted by molar-refractivity contribution is 9.10. The predicted molar refractivity (Wildman–Crippen MR) is 75.3 cm³/mol. The number of fused-ring (bicyclic) bond motifs is 1. The summed E-state index contributed by atoms with van der Waals surface area (Å²) in [4.78, 5) is 2.51. The van der Waals surface area contributed by atoms with Crippen LogP contribution in [0.5, 0.6) is 0 Å². The van der Waals surface area contributed by atoms with E-state index in [4.69, 9.17) is 0 Å². The number of rotatable bonds is 2. The van der Waals surface area contributed by atoms with Crippen LogP contribution in [0.15, 0.2) is 16.6 Å². The van der Waals surface area contributed by atoms with Crippen molar-refractivity contribution >= 4 is 21.6 Å². The number of nitrogens with one attached hydrogen (secondary N) is 1. The molecule has 0 saturated carbocycles. The molecule has 2 aliphatic rings. The number of piperidine rings is 1. The van der Waals surface area contributed by atoms with Crippen LogP contribution in [-0.4, -0.2) is 30.1 Å². The highest BCUT2D eigenvalue weighted by Gasteiger charge is 2.31. The van der Waals surface area contributed by atoms with Crippen LogP contribution >= 0.6 is 15.9 Å². The molecule has 2 aliphatic heterocycles. The van der Waals surface area contributed by atoms with E-state index in [9.17, 15) is 8.78 Å². The first kappa shape index (κ1) is 13.3. The Balaban J connectivity index is 1.70. The molecule has 2 unspecified atom stereocenters. The van der Waals surface area contributed by atoms with Crippen LogP contribution in [0.4, 0.5) is 14.5 Å². The van der Waals surface area contributed by atoms with Gasteiger partial charge in [0, 0.05) is 24.7 Å². The van der Waals surface area contributed by atoms with Crippen LogP contribution in [0.1, 0.15) is 25.7 Å². The molecule has 2 atom stereocenters. The fourth-order valence-corrected chi connectivity index (χ4v) is 3.52. The molecule has 2 heterocycles. The molecule has 0 aliphatic carbocycles. The third-order valence-corrected chi connectivity index (χ3v) is 4.80. The second-order valence-corrected chi connectivity index (χ2v) is 6.30. The molecule has 1 aromatic rings. The molecule has 2 saturated heterocycles. The summed E-state index contributed by atoms with van der Waals surface area (Å²) < 4.78 is 27.4. The van der Waals surface area contributed by atoms with Gasteiger partial charge >= 0.3 is 0 Å². The van der Waals surface area contributed by atoms with E-state index in [1.165, 1.54) is 31.5 Å². The first-order valence-electron chi connectivity index (χ1n) is 6.78. The molecule has 0 amide bonds. The average Bonchev–Trinajstić information content (AvgIpc) is 2.83. The van der Waals surface area contributed by atoms with Crippen molar-refractivity contribution in [3.8, 4) is 0 Å². The molecule has 5 heteroatoms. The molecule has 19 heavy (non-hydrogen) atoms. The van der Waals surface area contributed by atoms with E-state index in [0.717, 1.165) is 19.4 Å². The number of hydrogen-bond donors (Lipinski definition) is 1.